The quantitative estimate of drug-likeness (QED) is 0.416. The van der Waals surface area contributed by atoms with E-state index in [-0.39, 0.29) is 10.8 Å². The normalized spacial score (nSPS) is 13.2. The second kappa shape index (κ2) is 9.15. The summed E-state index contributed by atoms with van der Waals surface area (Å²) in [7, 11) is -3.74. The van der Waals surface area contributed by atoms with Gasteiger partial charge >= 0.3 is 0 Å². The minimum Gasteiger partial charge on any atom is -0.334 e. The lowest BCUT2D eigenvalue weighted by Crippen LogP contribution is -2.15. The van der Waals surface area contributed by atoms with Crippen LogP contribution in [0.5, 0.6) is 0 Å². The van der Waals surface area contributed by atoms with Crippen LogP contribution >= 0.6 is 0 Å². The first-order chi connectivity index (χ1) is 16.5. The summed E-state index contributed by atoms with van der Waals surface area (Å²) >= 11 is 0. The van der Waals surface area contributed by atoms with E-state index >= 15 is 0 Å². The highest BCUT2D eigenvalue weighted by atomic mass is 32.2. The van der Waals surface area contributed by atoms with E-state index in [4.69, 9.17) is 4.98 Å². The molecule has 0 atom stereocenters. The lowest BCUT2D eigenvalue weighted by molar-refractivity contribution is 0.102. The van der Waals surface area contributed by atoms with Gasteiger partial charge in [-0.05, 0) is 55.3 Å². The van der Waals surface area contributed by atoms with Crippen LogP contribution in [0.25, 0.3) is 11.3 Å². The zero-order valence-electron chi connectivity index (χ0n) is 18.4. The van der Waals surface area contributed by atoms with Crippen LogP contribution in [0.1, 0.15) is 29.0 Å². The molecule has 1 aliphatic rings. The second-order valence-electron chi connectivity index (χ2n) is 8.22. The van der Waals surface area contributed by atoms with Crippen LogP contribution in [-0.2, 0) is 23.0 Å². The Bertz CT molecular complexity index is 1410. The molecule has 172 valence electrons. The average molecular weight is 473 g/mol. The summed E-state index contributed by atoms with van der Waals surface area (Å²) in [6.45, 7) is 1.01. The number of aryl methyl sites for hydroxylation is 2. The fourth-order valence-electron chi connectivity index (χ4n) is 4.02. The Hall–Kier alpha value is -3.91. The summed E-state index contributed by atoms with van der Waals surface area (Å²) in [5, 5.41) is 2.87. The standard InChI is InChI=1S/C26H24N4O3S/c31-26(20-7-6-8-22(17-20)29-34(32,33)23-9-2-1-3-10-23)27-21-14-12-19(13-15-21)24-18-30-16-5-4-11-25(30)28-24/h1-3,6-10,12-15,17-18,29H,4-5,11,16H2,(H,27,31). The number of nitrogens with one attached hydrogen (secondary N) is 2. The van der Waals surface area contributed by atoms with Gasteiger partial charge in [-0.1, -0.05) is 36.4 Å². The second-order valence-corrected chi connectivity index (χ2v) is 9.91. The number of carbonyl (C=O) groups is 1. The van der Waals surface area contributed by atoms with E-state index in [9.17, 15) is 13.2 Å². The van der Waals surface area contributed by atoms with Crippen molar-refractivity contribution >= 4 is 27.3 Å². The number of fused-ring (bicyclic) bond motifs is 1. The number of rotatable bonds is 6. The lowest BCUT2D eigenvalue weighted by Gasteiger charge is -2.11. The summed E-state index contributed by atoms with van der Waals surface area (Å²) in [6.07, 6.45) is 5.46. The van der Waals surface area contributed by atoms with Gasteiger partial charge in [0.25, 0.3) is 15.9 Å². The van der Waals surface area contributed by atoms with Crippen molar-refractivity contribution in [1.29, 1.82) is 0 Å². The van der Waals surface area contributed by atoms with Crippen molar-refractivity contribution in [3.8, 4) is 11.3 Å². The Kier molecular flexibility index (Phi) is 5.90. The van der Waals surface area contributed by atoms with Gasteiger partial charge in [-0.3, -0.25) is 9.52 Å². The number of nitrogens with zero attached hydrogens (tertiary/aromatic N) is 2. The van der Waals surface area contributed by atoms with E-state index in [1.807, 2.05) is 24.3 Å². The van der Waals surface area contributed by atoms with Crippen LogP contribution < -0.4 is 10.0 Å². The van der Waals surface area contributed by atoms with Crippen LogP contribution in [0, 0.1) is 0 Å². The molecule has 3 aromatic carbocycles. The van der Waals surface area contributed by atoms with E-state index in [0.29, 0.717) is 16.9 Å². The van der Waals surface area contributed by atoms with E-state index in [0.717, 1.165) is 30.0 Å². The third-order valence-electron chi connectivity index (χ3n) is 5.78. The van der Waals surface area contributed by atoms with Gasteiger partial charge in [0.15, 0.2) is 0 Å². The molecule has 4 aromatic rings. The largest absolute Gasteiger partial charge is 0.334 e. The molecule has 0 spiro atoms. The number of carbonyl (C=O) groups excluding carboxylic acids is 1. The van der Waals surface area contributed by atoms with E-state index in [1.54, 1.807) is 36.4 Å². The third-order valence-corrected chi connectivity index (χ3v) is 7.17. The molecule has 1 amide bonds. The van der Waals surface area contributed by atoms with Crippen LogP contribution in [-0.4, -0.2) is 23.9 Å². The molecule has 34 heavy (non-hydrogen) atoms. The number of imidazole rings is 1. The molecule has 7 nitrogen and oxygen atoms in total. The number of benzene rings is 3. The maximum Gasteiger partial charge on any atom is 0.261 e. The fraction of sp³-hybridized carbons (Fsp3) is 0.154. The van der Waals surface area contributed by atoms with Gasteiger partial charge < -0.3 is 9.88 Å². The number of hydrogen-bond donors (Lipinski definition) is 2. The van der Waals surface area contributed by atoms with Gasteiger partial charge in [-0.15, -0.1) is 0 Å². The summed E-state index contributed by atoms with van der Waals surface area (Å²) in [6, 6.07) is 22.1. The SMILES string of the molecule is O=C(Nc1ccc(-c2cn3c(n2)CCCC3)cc1)c1cccc(NS(=O)(=O)c2ccccc2)c1. The van der Waals surface area contributed by atoms with E-state index < -0.39 is 10.0 Å². The number of amides is 1. The number of aromatic nitrogens is 2. The molecular weight excluding hydrogens is 448 g/mol. The highest BCUT2D eigenvalue weighted by Gasteiger charge is 2.16. The average Bonchev–Trinajstić information content (AvgIpc) is 3.29. The molecule has 0 saturated heterocycles. The van der Waals surface area contributed by atoms with Crippen molar-refractivity contribution < 1.29 is 13.2 Å². The smallest absolute Gasteiger partial charge is 0.261 e. The zero-order valence-corrected chi connectivity index (χ0v) is 19.3. The first-order valence-corrected chi connectivity index (χ1v) is 12.6. The molecule has 1 aliphatic heterocycles. The Morgan fingerprint density at radius 1 is 0.882 bits per heavy atom. The highest BCUT2D eigenvalue weighted by molar-refractivity contribution is 7.92. The van der Waals surface area contributed by atoms with E-state index in [2.05, 4.69) is 20.8 Å². The Balaban J connectivity index is 1.28. The van der Waals surface area contributed by atoms with Gasteiger partial charge in [0.1, 0.15) is 5.82 Å². The van der Waals surface area contributed by atoms with Crippen molar-refractivity contribution in [3.63, 3.8) is 0 Å². The molecule has 1 aromatic heterocycles. The van der Waals surface area contributed by atoms with E-state index in [1.165, 1.54) is 31.0 Å². The molecule has 0 radical (unpaired) electrons. The Labute approximate surface area is 198 Å². The minimum absolute atomic E-state index is 0.156. The monoisotopic (exact) mass is 472 g/mol. The van der Waals surface area contributed by atoms with Crippen LogP contribution in [0.2, 0.25) is 0 Å². The summed E-state index contributed by atoms with van der Waals surface area (Å²) in [5.41, 5.74) is 3.24. The highest BCUT2D eigenvalue weighted by Crippen LogP contribution is 2.24. The molecule has 0 aliphatic carbocycles. The molecular formula is C26H24N4O3S. The maximum atomic E-state index is 12.8. The van der Waals surface area contributed by atoms with Crippen molar-refractivity contribution in [2.45, 2.75) is 30.7 Å². The molecule has 2 N–H and O–H groups in total. The predicted molar refractivity (Wildman–Crippen MR) is 132 cm³/mol. The number of anilines is 2. The lowest BCUT2D eigenvalue weighted by atomic mass is 10.1. The third kappa shape index (κ3) is 4.72. The summed E-state index contributed by atoms with van der Waals surface area (Å²) in [5.74, 6) is 0.798. The Morgan fingerprint density at radius 3 is 2.44 bits per heavy atom. The van der Waals surface area contributed by atoms with Gasteiger partial charge in [0, 0.05) is 41.7 Å². The topological polar surface area (TPSA) is 93.1 Å². The molecule has 0 fully saturated rings. The van der Waals surface area contributed by atoms with Crippen molar-refractivity contribution in [1.82, 2.24) is 9.55 Å². The maximum absolute atomic E-state index is 12.8. The van der Waals surface area contributed by atoms with Crippen molar-refractivity contribution in [2.24, 2.45) is 0 Å². The molecule has 5 rings (SSSR count). The summed E-state index contributed by atoms with van der Waals surface area (Å²) in [4.78, 5) is 17.7. The first kappa shape index (κ1) is 21.9. The molecule has 0 saturated carbocycles. The van der Waals surface area contributed by atoms with Gasteiger partial charge in [-0.2, -0.15) is 0 Å². The van der Waals surface area contributed by atoms with Gasteiger partial charge in [0.2, 0.25) is 0 Å². The number of hydrogen-bond acceptors (Lipinski definition) is 4. The van der Waals surface area contributed by atoms with Gasteiger partial charge in [-0.25, -0.2) is 13.4 Å². The van der Waals surface area contributed by atoms with Gasteiger partial charge in [0.05, 0.1) is 10.6 Å². The Morgan fingerprint density at radius 2 is 1.68 bits per heavy atom. The van der Waals surface area contributed by atoms with Crippen LogP contribution in [0.15, 0.2) is 90.0 Å². The van der Waals surface area contributed by atoms with Crippen molar-refractivity contribution in [3.05, 3.63) is 96.4 Å². The zero-order chi connectivity index (χ0) is 23.5. The molecule has 2 heterocycles. The first-order valence-electron chi connectivity index (χ1n) is 11.1. The number of sulfonamides is 1. The molecule has 0 unspecified atom stereocenters. The summed E-state index contributed by atoms with van der Waals surface area (Å²) < 4.78 is 29.9. The van der Waals surface area contributed by atoms with Crippen LogP contribution in [0.4, 0.5) is 11.4 Å². The van der Waals surface area contributed by atoms with Crippen LogP contribution in [0.3, 0.4) is 0 Å². The molecule has 8 heteroatoms. The molecule has 0 bridgehead atoms. The predicted octanol–water partition coefficient (Wildman–Crippen LogP) is 4.94. The minimum atomic E-state index is -3.74. The van der Waals surface area contributed by atoms with Crippen molar-refractivity contribution in [2.75, 3.05) is 10.0 Å². The fourth-order valence-corrected chi connectivity index (χ4v) is 5.09.